The van der Waals surface area contributed by atoms with Crippen molar-refractivity contribution in [2.75, 3.05) is 12.5 Å². The number of ketones is 1. The lowest BCUT2D eigenvalue weighted by molar-refractivity contribution is 0.102. The fraction of sp³-hybridized carbons (Fsp3) is 0.304. The number of nitrogens with zero attached hydrogens (tertiary/aromatic N) is 4. The van der Waals surface area contributed by atoms with E-state index in [1.54, 1.807) is 11.3 Å². The highest BCUT2D eigenvalue weighted by Crippen LogP contribution is 2.33. The number of thioether (sulfide) groups is 1. The van der Waals surface area contributed by atoms with Crippen LogP contribution in [0.1, 0.15) is 43.9 Å². The number of ether oxygens (including phenoxy) is 2. The fourth-order valence-electron chi connectivity index (χ4n) is 3.77. The van der Waals surface area contributed by atoms with Crippen LogP contribution in [-0.4, -0.2) is 38.1 Å². The highest BCUT2D eigenvalue weighted by Gasteiger charge is 2.19. The number of carbonyl (C=O) groups excluding carboxylic acids is 1. The molecule has 33 heavy (non-hydrogen) atoms. The van der Waals surface area contributed by atoms with Crippen LogP contribution >= 0.6 is 23.1 Å². The third-order valence-corrected chi connectivity index (χ3v) is 7.07. The number of carbonyl (C=O) groups is 1. The number of benzene rings is 1. The molecule has 0 bridgehead atoms. The normalized spacial score (nSPS) is 12.5. The van der Waals surface area contributed by atoms with Crippen molar-refractivity contribution in [3.63, 3.8) is 0 Å². The Balaban J connectivity index is 1.23. The van der Waals surface area contributed by atoms with Crippen LogP contribution in [0.15, 0.2) is 39.3 Å². The molecule has 0 unspecified atom stereocenters. The van der Waals surface area contributed by atoms with Crippen LogP contribution in [0, 0.1) is 20.8 Å². The van der Waals surface area contributed by atoms with Gasteiger partial charge >= 0.3 is 0 Å². The summed E-state index contributed by atoms with van der Waals surface area (Å²) in [7, 11) is 0. The summed E-state index contributed by atoms with van der Waals surface area (Å²) in [5.41, 5.74) is 4.66. The number of aromatic nitrogens is 4. The molecule has 1 aliphatic heterocycles. The summed E-state index contributed by atoms with van der Waals surface area (Å²) in [6.45, 7) is 6.84. The minimum Gasteiger partial charge on any atom is -0.454 e. The maximum atomic E-state index is 12.9. The molecule has 3 aromatic heterocycles. The van der Waals surface area contributed by atoms with Crippen LogP contribution in [0.3, 0.4) is 0 Å². The summed E-state index contributed by atoms with van der Waals surface area (Å²) in [6.07, 6.45) is 0.493. The highest BCUT2D eigenvalue weighted by atomic mass is 32.2. The lowest BCUT2D eigenvalue weighted by Crippen LogP contribution is -2.07. The first kappa shape index (κ1) is 21.7. The average molecular weight is 483 g/mol. The molecule has 1 aromatic carbocycles. The number of Topliss-reactive ketones (excluding diaryl/α,β-unsaturated/α-hetero) is 1. The van der Waals surface area contributed by atoms with Gasteiger partial charge in [0.05, 0.1) is 22.9 Å². The summed E-state index contributed by atoms with van der Waals surface area (Å²) < 4.78 is 18.7. The van der Waals surface area contributed by atoms with Crippen molar-refractivity contribution in [3.8, 4) is 11.5 Å². The number of fused-ring (bicyclic) bond motifs is 1. The minimum atomic E-state index is 0.0277. The summed E-state index contributed by atoms with van der Waals surface area (Å²) in [6, 6.07) is 7.86. The van der Waals surface area contributed by atoms with E-state index in [0.717, 1.165) is 39.2 Å². The lowest BCUT2D eigenvalue weighted by Gasteiger charge is -2.10. The Labute approximate surface area is 199 Å². The zero-order valence-corrected chi connectivity index (χ0v) is 20.1. The first-order valence-electron chi connectivity index (χ1n) is 10.4. The van der Waals surface area contributed by atoms with Crippen LogP contribution in [0.2, 0.25) is 0 Å². The van der Waals surface area contributed by atoms with Crippen LogP contribution in [0.25, 0.3) is 0 Å². The smallest absolute Gasteiger partial charge is 0.277 e. The summed E-state index contributed by atoms with van der Waals surface area (Å²) in [4.78, 5) is 17.4. The Morgan fingerprint density at radius 2 is 2.00 bits per heavy atom. The first-order valence-corrected chi connectivity index (χ1v) is 12.3. The third kappa shape index (κ3) is 4.67. The molecule has 0 aliphatic carbocycles. The molecule has 5 rings (SSSR count). The SMILES string of the molecule is Cc1nc(Cc2nnc(SCC(=O)c3cc(C)n(Cc4ccc5c(c4)OCO5)c3C)o2)cs1. The van der Waals surface area contributed by atoms with Gasteiger partial charge in [0.2, 0.25) is 12.7 Å². The molecule has 1 aliphatic rings. The van der Waals surface area contributed by atoms with E-state index in [0.29, 0.717) is 29.6 Å². The van der Waals surface area contributed by atoms with Gasteiger partial charge in [0, 0.05) is 28.9 Å². The van der Waals surface area contributed by atoms with E-state index in [1.165, 1.54) is 11.8 Å². The largest absolute Gasteiger partial charge is 0.454 e. The third-order valence-electron chi connectivity index (χ3n) is 5.43. The molecule has 0 atom stereocenters. The second-order valence-electron chi connectivity index (χ2n) is 7.77. The molecule has 0 spiro atoms. The molecule has 0 radical (unpaired) electrons. The van der Waals surface area contributed by atoms with Gasteiger partial charge in [0.15, 0.2) is 17.3 Å². The van der Waals surface area contributed by atoms with Crippen molar-refractivity contribution in [1.29, 1.82) is 0 Å². The maximum Gasteiger partial charge on any atom is 0.277 e. The molecular weight excluding hydrogens is 460 g/mol. The molecule has 0 saturated heterocycles. The van der Waals surface area contributed by atoms with Crippen LogP contribution in [0.5, 0.6) is 11.5 Å². The molecule has 4 heterocycles. The van der Waals surface area contributed by atoms with E-state index in [2.05, 4.69) is 19.7 Å². The summed E-state index contributed by atoms with van der Waals surface area (Å²) in [5, 5.41) is 11.5. The number of aryl methyl sites for hydroxylation is 2. The maximum absolute atomic E-state index is 12.9. The van der Waals surface area contributed by atoms with Crippen molar-refractivity contribution >= 4 is 28.9 Å². The van der Waals surface area contributed by atoms with Crippen LogP contribution in [-0.2, 0) is 13.0 Å². The minimum absolute atomic E-state index is 0.0277. The topological polar surface area (TPSA) is 92.3 Å². The summed E-state index contributed by atoms with van der Waals surface area (Å²) in [5.74, 6) is 2.27. The lowest BCUT2D eigenvalue weighted by atomic mass is 10.1. The van der Waals surface area contributed by atoms with Crippen molar-refractivity contribution in [2.45, 2.75) is 39.0 Å². The quantitative estimate of drug-likeness (QED) is 0.266. The molecule has 170 valence electrons. The van der Waals surface area contributed by atoms with E-state index in [1.807, 2.05) is 50.4 Å². The number of hydrogen-bond donors (Lipinski definition) is 0. The van der Waals surface area contributed by atoms with E-state index in [9.17, 15) is 4.79 Å². The molecule has 10 heteroatoms. The Kier molecular flexibility index (Phi) is 5.94. The van der Waals surface area contributed by atoms with Gasteiger partial charge in [-0.25, -0.2) is 4.98 Å². The molecule has 0 fully saturated rings. The van der Waals surface area contributed by atoms with Crippen LogP contribution < -0.4 is 9.47 Å². The monoisotopic (exact) mass is 482 g/mol. The predicted molar refractivity (Wildman–Crippen MR) is 125 cm³/mol. The Hall–Kier alpha value is -3.11. The van der Waals surface area contributed by atoms with Crippen molar-refractivity contribution in [1.82, 2.24) is 19.7 Å². The average Bonchev–Trinajstić information content (AvgIpc) is 3.58. The van der Waals surface area contributed by atoms with Gasteiger partial charge in [-0.3, -0.25) is 4.79 Å². The van der Waals surface area contributed by atoms with Gasteiger partial charge in [-0.05, 0) is 44.5 Å². The Morgan fingerprint density at radius 1 is 1.15 bits per heavy atom. The van der Waals surface area contributed by atoms with E-state index >= 15 is 0 Å². The number of thiazole rings is 1. The Bertz CT molecular complexity index is 1320. The van der Waals surface area contributed by atoms with Crippen LogP contribution in [0.4, 0.5) is 0 Å². The number of hydrogen-bond acceptors (Lipinski definition) is 9. The standard InChI is InChI=1S/C23H22N4O4S2/c1-13-6-18(14(2)27(13)9-16-4-5-20-21(7-16)30-12-29-20)19(28)11-33-23-26-25-22(31-23)8-17-10-32-15(3)24-17/h4-7,10H,8-9,11-12H2,1-3H3. The van der Waals surface area contributed by atoms with Gasteiger partial charge in [-0.2, -0.15) is 0 Å². The summed E-state index contributed by atoms with van der Waals surface area (Å²) >= 11 is 2.84. The fourth-order valence-corrected chi connectivity index (χ4v) is 5.04. The van der Waals surface area contributed by atoms with Gasteiger partial charge in [0.25, 0.3) is 5.22 Å². The number of rotatable bonds is 8. The molecule has 0 amide bonds. The van der Waals surface area contributed by atoms with E-state index < -0.39 is 0 Å². The predicted octanol–water partition coefficient (Wildman–Crippen LogP) is 4.60. The second kappa shape index (κ2) is 9.03. The molecule has 4 aromatic rings. The van der Waals surface area contributed by atoms with E-state index in [4.69, 9.17) is 13.9 Å². The van der Waals surface area contributed by atoms with Crippen molar-refractivity contribution in [2.24, 2.45) is 0 Å². The van der Waals surface area contributed by atoms with Gasteiger partial charge < -0.3 is 18.5 Å². The van der Waals surface area contributed by atoms with Crippen molar-refractivity contribution in [3.05, 3.63) is 68.8 Å². The molecule has 8 nitrogen and oxygen atoms in total. The highest BCUT2D eigenvalue weighted by molar-refractivity contribution is 7.99. The molecular formula is C23H22N4O4S2. The van der Waals surface area contributed by atoms with Gasteiger partial charge in [-0.15, -0.1) is 21.5 Å². The zero-order chi connectivity index (χ0) is 22.9. The van der Waals surface area contributed by atoms with Gasteiger partial charge in [-0.1, -0.05) is 17.8 Å². The first-order chi connectivity index (χ1) is 16.0. The van der Waals surface area contributed by atoms with Gasteiger partial charge in [0.1, 0.15) is 0 Å². The Morgan fingerprint density at radius 3 is 2.82 bits per heavy atom. The second-order valence-corrected chi connectivity index (χ2v) is 9.76. The van der Waals surface area contributed by atoms with Crippen molar-refractivity contribution < 1.29 is 18.7 Å². The zero-order valence-electron chi connectivity index (χ0n) is 18.5. The van der Waals surface area contributed by atoms with E-state index in [-0.39, 0.29) is 18.3 Å². The molecule has 0 N–H and O–H groups in total. The molecule has 0 saturated carbocycles.